The van der Waals surface area contributed by atoms with Gasteiger partial charge in [-0.1, -0.05) is 36.4 Å². The first-order valence-electron chi connectivity index (χ1n) is 12.2. The molecule has 6 nitrogen and oxygen atoms in total. The number of fused-ring (bicyclic) bond motifs is 2. The van der Waals surface area contributed by atoms with Crippen molar-refractivity contribution in [2.45, 2.75) is 37.9 Å². The van der Waals surface area contributed by atoms with E-state index in [1.165, 1.54) is 18.9 Å². The minimum Gasteiger partial charge on any atom is -0.492 e. The van der Waals surface area contributed by atoms with Gasteiger partial charge in [0.2, 0.25) is 5.91 Å². The van der Waals surface area contributed by atoms with Gasteiger partial charge in [-0.25, -0.2) is 4.39 Å². The highest BCUT2D eigenvalue weighted by Gasteiger charge is 2.36. The Morgan fingerprint density at radius 2 is 1.89 bits per heavy atom. The van der Waals surface area contributed by atoms with E-state index in [0.29, 0.717) is 47.8 Å². The number of amides is 1. The second-order valence-electron chi connectivity index (χ2n) is 9.13. The molecule has 0 radical (unpaired) electrons. The number of ether oxygens (including phenoxy) is 2. The molecule has 7 heteroatoms. The number of hydrogen-bond acceptors (Lipinski definition) is 5. The van der Waals surface area contributed by atoms with Crippen LogP contribution in [0.15, 0.2) is 66.9 Å². The van der Waals surface area contributed by atoms with Crippen molar-refractivity contribution in [3.8, 4) is 16.9 Å². The van der Waals surface area contributed by atoms with Crippen molar-refractivity contribution in [1.82, 2.24) is 15.2 Å². The third-order valence-electron chi connectivity index (χ3n) is 6.76. The van der Waals surface area contributed by atoms with Crippen molar-refractivity contribution < 1.29 is 18.7 Å². The molecular formula is C28H30FN3O3. The van der Waals surface area contributed by atoms with E-state index >= 15 is 0 Å². The molecular weight excluding hydrogens is 445 g/mol. The Morgan fingerprint density at radius 3 is 2.60 bits per heavy atom. The maximum atomic E-state index is 14.8. The molecule has 1 N–H and O–H groups in total. The zero-order valence-electron chi connectivity index (χ0n) is 19.7. The lowest BCUT2D eigenvalue weighted by atomic mass is 10.1. The van der Waals surface area contributed by atoms with Crippen LogP contribution in [-0.2, 0) is 22.5 Å². The van der Waals surface area contributed by atoms with E-state index in [4.69, 9.17) is 9.47 Å². The molecule has 5 rings (SSSR count). The van der Waals surface area contributed by atoms with Crippen molar-refractivity contribution >= 4 is 5.91 Å². The zero-order chi connectivity index (χ0) is 24.0. The van der Waals surface area contributed by atoms with Crippen molar-refractivity contribution in [1.29, 1.82) is 0 Å². The lowest BCUT2D eigenvalue weighted by Gasteiger charge is -2.34. The molecule has 3 aromatic rings. The molecule has 2 fully saturated rings. The Morgan fingerprint density at radius 1 is 1.09 bits per heavy atom. The van der Waals surface area contributed by atoms with Crippen LogP contribution in [0.4, 0.5) is 4.39 Å². The summed E-state index contributed by atoms with van der Waals surface area (Å²) in [6.45, 7) is 3.42. The van der Waals surface area contributed by atoms with Gasteiger partial charge >= 0.3 is 0 Å². The van der Waals surface area contributed by atoms with Gasteiger partial charge in [-0.05, 0) is 36.6 Å². The fourth-order valence-electron chi connectivity index (χ4n) is 4.88. The van der Waals surface area contributed by atoms with Gasteiger partial charge in [0.1, 0.15) is 18.2 Å². The predicted octanol–water partition coefficient (Wildman–Crippen LogP) is 3.99. The minimum absolute atomic E-state index is 0.105. The summed E-state index contributed by atoms with van der Waals surface area (Å²) in [7, 11) is 0. The topological polar surface area (TPSA) is 63.7 Å². The molecule has 2 aliphatic rings. The lowest BCUT2D eigenvalue weighted by molar-refractivity contribution is -0.120. The van der Waals surface area contributed by atoms with Gasteiger partial charge < -0.3 is 14.8 Å². The monoisotopic (exact) mass is 475 g/mol. The molecule has 0 aliphatic carbocycles. The average molecular weight is 476 g/mol. The number of nitrogens with one attached hydrogen (secondary N) is 1. The summed E-state index contributed by atoms with van der Waals surface area (Å²) >= 11 is 0. The largest absolute Gasteiger partial charge is 0.492 e. The second-order valence-corrected chi connectivity index (χ2v) is 9.13. The summed E-state index contributed by atoms with van der Waals surface area (Å²) in [5.74, 6) is 0.0579. The van der Waals surface area contributed by atoms with Crippen LogP contribution in [0.25, 0.3) is 11.1 Å². The van der Waals surface area contributed by atoms with Crippen LogP contribution >= 0.6 is 0 Å². The highest BCUT2D eigenvalue weighted by atomic mass is 19.1. The molecule has 1 amide bonds. The Labute approximate surface area is 205 Å². The first-order chi connectivity index (χ1) is 17.2. The maximum absolute atomic E-state index is 14.8. The highest BCUT2D eigenvalue weighted by molar-refractivity contribution is 5.78. The molecule has 1 aromatic heterocycles. The van der Waals surface area contributed by atoms with Gasteiger partial charge in [0.25, 0.3) is 0 Å². The van der Waals surface area contributed by atoms with E-state index in [2.05, 4.69) is 15.2 Å². The molecule has 0 spiro atoms. The number of hydrogen-bond donors (Lipinski definition) is 1. The molecule has 35 heavy (non-hydrogen) atoms. The summed E-state index contributed by atoms with van der Waals surface area (Å²) in [5.41, 5.74) is 2.79. The van der Waals surface area contributed by atoms with E-state index < -0.39 is 0 Å². The summed E-state index contributed by atoms with van der Waals surface area (Å²) in [6, 6.07) is 19.2. The summed E-state index contributed by atoms with van der Waals surface area (Å²) in [6.07, 6.45) is 4.14. The molecule has 2 aliphatic heterocycles. The molecule has 2 unspecified atom stereocenters. The van der Waals surface area contributed by atoms with Gasteiger partial charge in [0.05, 0.1) is 19.6 Å². The van der Waals surface area contributed by atoms with Crippen molar-refractivity contribution in [3.63, 3.8) is 0 Å². The van der Waals surface area contributed by atoms with E-state index in [1.807, 2.05) is 30.3 Å². The first-order valence-corrected chi connectivity index (χ1v) is 12.2. The quantitative estimate of drug-likeness (QED) is 0.507. The van der Waals surface area contributed by atoms with Crippen LogP contribution in [0, 0.1) is 5.82 Å². The molecule has 2 bridgehead atoms. The lowest BCUT2D eigenvalue weighted by Crippen LogP contribution is -2.47. The number of nitrogens with zero attached hydrogens (tertiary/aromatic N) is 2. The average Bonchev–Trinajstić information content (AvgIpc) is 3.09. The smallest absolute Gasteiger partial charge is 0.226 e. The van der Waals surface area contributed by atoms with Crippen LogP contribution < -0.4 is 10.1 Å². The number of morpholine rings is 1. The third kappa shape index (κ3) is 5.86. The normalized spacial score (nSPS) is 19.5. The fourth-order valence-corrected chi connectivity index (χ4v) is 4.88. The highest BCUT2D eigenvalue weighted by Crippen LogP contribution is 2.29. The zero-order valence-corrected chi connectivity index (χ0v) is 19.7. The molecule has 2 atom stereocenters. The number of pyridine rings is 1. The van der Waals surface area contributed by atoms with Crippen molar-refractivity contribution in [2.24, 2.45) is 0 Å². The van der Waals surface area contributed by atoms with Crippen molar-refractivity contribution in [3.05, 3.63) is 83.9 Å². The van der Waals surface area contributed by atoms with Gasteiger partial charge in [-0.2, -0.15) is 0 Å². The van der Waals surface area contributed by atoms with Crippen LogP contribution in [0.3, 0.4) is 0 Å². The summed E-state index contributed by atoms with van der Waals surface area (Å²) < 4.78 is 26.3. The first kappa shape index (κ1) is 23.5. The Bertz CT molecular complexity index is 1120. The Kier molecular flexibility index (Phi) is 7.35. The minimum atomic E-state index is -0.357. The third-order valence-corrected chi connectivity index (χ3v) is 6.76. The van der Waals surface area contributed by atoms with Gasteiger partial charge in [-0.3, -0.25) is 14.7 Å². The SMILES string of the molecule is O=C(Cc1ccc(-c2ccc(OCCN3C4CCC3COC4)cc2F)cn1)NCc1ccccc1. The molecule has 182 valence electrons. The summed E-state index contributed by atoms with van der Waals surface area (Å²) in [4.78, 5) is 19.0. The number of carbonyl (C=O) groups excluding carboxylic acids is 1. The van der Waals surface area contributed by atoms with Crippen LogP contribution in [0.5, 0.6) is 5.75 Å². The van der Waals surface area contributed by atoms with Crippen molar-refractivity contribution in [2.75, 3.05) is 26.4 Å². The second kappa shape index (κ2) is 11.0. The molecule has 0 saturated carbocycles. The number of rotatable bonds is 9. The van der Waals surface area contributed by atoms with Gasteiger partial charge in [0.15, 0.2) is 0 Å². The molecule has 3 heterocycles. The van der Waals surface area contributed by atoms with Crippen LogP contribution in [0.1, 0.15) is 24.1 Å². The Balaban J connectivity index is 1.12. The van der Waals surface area contributed by atoms with Gasteiger partial charge in [0, 0.05) is 54.3 Å². The number of benzene rings is 2. The van der Waals surface area contributed by atoms with Crippen LogP contribution in [0.2, 0.25) is 0 Å². The summed E-state index contributed by atoms with van der Waals surface area (Å²) in [5, 5.41) is 2.89. The van der Waals surface area contributed by atoms with Crippen LogP contribution in [-0.4, -0.2) is 54.2 Å². The van der Waals surface area contributed by atoms with E-state index in [9.17, 15) is 9.18 Å². The molecule has 2 aromatic carbocycles. The standard InChI is InChI=1S/C28H30FN3O3/c29-27-15-25(35-13-12-32-23-8-9-24(32)19-34-18-23)10-11-26(27)21-6-7-22(30-17-21)14-28(33)31-16-20-4-2-1-3-5-20/h1-7,10-11,15,17,23-24H,8-9,12-14,16,18-19H2,(H,31,33). The van der Waals surface area contributed by atoms with E-state index in [-0.39, 0.29) is 18.1 Å². The number of carbonyl (C=O) groups is 1. The van der Waals surface area contributed by atoms with Gasteiger partial charge in [-0.15, -0.1) is 0 Å². The molecule has 2 saturated heterocycles. The number of halogens is 1. The Hall–Kier alpha value is -3.29. The van der Waals surface area contributed by atoms with E-state index in [1.54, 1.807) is 30.5 Å². The van der Waals surface area contributed by atoms with E-state index in [0.717, 1.165) is 25.3 Å². The number of aromatic nitrogens is 1. The maximum Gasteiger partial charge on any atom is 0.226 e. The fraction of sp³-hybridized carbons (Fsp3) is 0.357. The predicted molar refractivity (Wildman–Crippen MR) is 131 cm³/mol.